The van der Waals surface area contributed by atoms with Gasteiger partial charge in [-0.2, -0.15) is 0 Å². The van der Waals surface area contributed by atoms with Gasteiger partial charge in [0, 0.05) is 23.4 Å². The van der Waals surface area contributed by atoms with Crippen LogP contribution in [0.1, 0.15) is 12.5 Å². The van der Waals surface area contributed by atoms with Crippen LogP contribution in [0.2, 0.25) is 5.02 Å². The minimum absolute atomic E-state index is 0.0685. The van der Waals surface area contributed by atoms with Crippen molar-refractivity contribution in [1.82, 2.24) is 4.90 Å². The molecule has 1 aromatic carbocycles. The standard InChI is InChI=1S/C14H17BrClNO2/c1-10-8-17(9-12(7-15)19-10)14(18)6-11-4-2-3-5-13(11)16/h2-5,10,12H,6-9H2,1H3. The molecule has 1 fully saturated rings. The molecule has 2 unspecified atom stereocenters. The summed E-state index contributed by atoms with van der Waals surface area (Å²) in [6.45, 7) is 3.27. The second kappa shape index (κ2) is 6.73. The maximum atomic E-state index is 12.3. The third-order valence-electron chi connectivity index (χ3n) is 3.15. The fourth-order valence-corrected chi connectivity index (χ4v) is 2.81. The number of amides is 1. The Hall–Kier alpha value is -0.580. The fraction of sp³-hybridized carbons (Fsp3) is 0.500. The van der Waals surface area contributed by atoms with Gasteiger partial charge in [-0.25, -0.2) is 0 Å². The maximum absolute atomic E-state index is 12.3. The summed E-state index contributed by atoms with van der Waals surface area (Å²) in [5.74, 6) is 0.106. The van der Waals surface area contributed by atoms with Gasteiger partial charge in [-0.1, -0.05) is 45.7 Å². The lowest BCUT2D eigenvalue weighted by atomic mass is 10.1. The molecule has 1 aliphatic rings. The summed E-state index contributed by atoms with van der Waals surface area (Å²) in [6, 6.07) is 7.48. The molecule has 0 aliphatic carbocycles. The Morgan fingerprint density at radius 2 is 2.21 bits per heavy atom. The van der Waals surface area contributed by atoms with Crippen LogP contribution in [0, 0.1) is 0 Å². The molecule has 1 aromatic rings. The van der Waals surface area contributed by atoms with E-state index in [0.717, 1.165) is 10.9 Å². The number of alkyl halides is 1. The second-order valence-electron chi connectivity index (χ2n) is 4.79. The van der Waals surface area contributed by atoms with Crippen molar-refractivity contribution in [1.29, 1.82) is 0 Å². The Bertz CT molecular complexity index is 455. The van der Waals surface area contributed by atoms with E-state index in [1.807, 2.05) is 36.1 Å². The number of hydrogen-bond acceptors (Lipinski definition) is 2. The molecule has 1 heterocycles. The number of carbonyl (C=O) groups is 1. The Morgan fingerprint density at radius 1 is 1.47 bits per heavy atom. The molecule has 1 amide bonds. The number of carbonyl (C=O) groups excluding carboxylic acids is 1. The van der Waals surface area contributed by atoms with Crippen LogP contribution in [0.4, 0.5) is 0 Å². The zero-order chi connectivity index (χ0) is 13.8. The molecule has 1 saturated heterocycles. The number of ether oxygens (including phenoxy) is 1. The average molecular weight is 347 g/mol. The summed E-state index contributed by atoms with van der Waals surface area (Å²) in [7, 11) is 0. The van der Waals surface area contributed by atoms with Gasteiger partial charge in [0.2, 0.25) is 5.91 Å². The van der Waals surface area contributed by atoms with Gasteiger partial charge in [0.15, 0.2) is 0 Å². The third-order valence-corrected chi connectivity index (χ3v) is 4.24. The van der Waals surface area contributed by atoms with Gasteiger partial charge in [0.05, 0.1) is 18.6 Å². The zero-order valence-corrected chi connectivity index (χ0v) is 13.2. The lowest BCUT2D eigenvalue weighted by molar-refractivity contribution is -0.142. The number of morpholine rings is 1. The summed E-state index contributed by atoms with van der Waals surface area (Å²) in [6.07, 6.45) is 0.493. The SMILES string of the molecule is CC1CN(C(=O)Cc2ccccc2Cl)CC(CBr)O1. The monoisotopic (exact) mass is 345 g/mol. The van der Waals surface area contributed by atoms with Crippen molar-refractivity contribution in [3.63, 3.8) is 0 Å². The van der Waals surface area contributed by atoms with Crippen LogP contribution in [-0.2, 0) is 16.0 Å². The molecule has 1 aliphatic heterocycles. The largest absolute Gasteiger partial charge is 0.371 e. The molecular formula is C14H17BrClNO2. The van der Waals surface area contributed by atoms with Crippen LogP contribution in [0.3, 0.4) is 0 Å². The Balaban J connectivity index is 2.01. The lowest BCUT2D eigenvalue weighted by Crippen LogP contribution is -2.50. The number of hydrogen-bond donors (Lipinski definition) is 0. The number of benzene rings is 1. The minimum atomic E-state index is 0.0685. The Morgan fingerprint density at radius 3 is 2.89 bits per heavy atom. The molecule has 0 radical (unpaired) electrons. The van der Waals surface area contributed by atoms with E-state index in [1.54, 1.807) is 0 Å². The Kier molecular flexibility index (Phi) is 5.25. The van der Waals surface area contributed by atoms with Crippen molar-refractivity contribution >= 4 is 33.4 Å². The van der Waals surface area contributed by atoms with Crippen LogP contribution < -0.4 is 0 Å². The summed E-state index contributed by atoms with van der Waals surface area (Å²) in [5.41, 5.74) is 0.878. The van der Waals surface area contributed by atoms with E-state index in [9.17, 15) is 4.79 Å². The fourth-order valence-electron chi connectivity index (χ4n) is 2.25. The topological polar surface area (TPSA) is 29.5 Å². The highest BCUT2D eigenvalue weighted by Crippen LogP contribution is 2.18. The molecule has 5 heteroatoms. The summed E-state index contributed by atoms with van der Waals surface area (Å²) in [4.78, 5) is 14.2. The van der Waals surface area contributed by atoms with Crippen molar-refractivity contribution in [2.24, 2.45) is 0 Å². The number of nitrogens with zero attached hydrogens (tertiary/aromatic N) is 1. The Labute approximate surface area is 127 Å². The molecule has 0 N–H and O–H groups in total. The highest BCUT2D eigenvalue weighted by Gasteiger charge is 2.27. The number of rotatable bonds is 3. The van der Waals surface area contributed by atoms with Crippen LogP contribution in [0.25, 0.3) is 0 Å². The highest BCUT2D eigenvalue weighted by molar-refractivity contribution is 9.09. The van der Waals surface area contributed by atoms with Crippen molar-refractivity contribution in [3.8, 4) is 0 Å². The molecule has 19 heavy (non-hydrogen) atoms. The van der Waals surface area contributed by atoms with E-state index in [1.165, 1.54) is 0 Å². The lowest BCUT2D eigenvalue weighted by Gasteiger charge is -2.36. The molecule has 3 nitrogen and oxygen atoms in total. The summed E-state index contributed by atoms with van der Waals surface area (Å²) >= 11 is 9.50. The molecule has 0 bridgehead atoms. The first-order valence-electron chi connectivity index (χ1n) is 6.32. The smallest absolute Gasteiger partial charge is 0.227 e. The highest BCUT2D eigenvalue weighted by atomic mass is 79.9. The molecule has 104 valence electrons. The molecular weight excluding hydrogens is 330 g/mol. The predicted molar refractivity (Wildman–Crippen MR) is 79.9 cm³/mol. The van der Waals surface area contributed by atoms with Crippen molar-refractivity contribution in [3.05, 3.63) is 34.9 Å². The predicted octanol–water partition coefficient (Wildman–Crippen LogP) is 2.89. The van der Waals surface area contributed by atoms with Gasteiger partial charge in [0.1, 0.15) is 0 Å². The van der Waals surface area contributed by atoms with Crippen LogP contribution in [0.5, 0.6) is 0 Å². The molecule has 0 saturated carbocycles. The first-order chi connectivity index (χ1) is 9.10. The van der Waals surface area contributed by atoms with Gasteiger partial charge >= 0.3 is 0 Å². The van der Waals surface area contributed by atoms with Crippen LogP contribution in [-0.4, -0.2) is 41.4 Å². The first kappa shape index (κ1) is 14.8. The van der Waals surface area contributed by atoms with E-state index in [0.29, 0.717) is 24.5 Å². The second-order valence-corrected chi connectivity index (χ2v) is 5.84. The quantitative estimate of drug-likeness (QED) is 0.788. The average Bonchev–Trinajstić information content (AvgIpc) is 2.40. The van der Waals surface area contributed by atoms with Crippen LogP contribution in [0.15, 0.2) is 24.3 Å². The van der Waals surface area contributed by atoms with Crippen LogP contribution >= 0.6 is 27.5 Å². The first-order valence-corrected chi connectivity index (χ1v) is 7.82. The van der Waals surface area contributed by atoms with Crippen molar-refractivity contribution < 1.29 is 9.53 Å². The number of halogens is 2. The van der Waals surface area contributed by atoms with Gasteiger partial charge in [-0.3, -0.25) is 4.79 Å². The van der Waals surface area contributed by atoms with E-state index >= 15 is 0 Å². The molecule has 2 atom stereocenters. The molecule has 0 aromatic heterocycles. The normalized spacial score (nSPS) is 23.4. The molecule has 2 rings (SSSR count). The minimum Gasteiger partial charge on any atom is -0.371 e. The molecule has 0 spiro atoms. The van der Waals surface area contributed by atoms with E-state index in [4.69, 9.17) is 16.3 Å². The van der Waals surface area contributed by atoms with Gasteiger partial charge in [-0.15, -0.1) is 0 Å². The van der Waals surface area contributed by atoms with Crippen molar-refractivity contribution in [2.75, 3.05) is 18.4 Å². The van der Waals surface area contributed by atoms with Gasteiger partial charge in [0.25, 0.3) is 0 Å². The van der Waals surface area contributed by atoms with Gasteiger partial charge < -0.3 is 9.64 Å². The third kappa shape index (κ3) is 3.94. The zero-order valence-electron chi connectivity index (χ0n) is 10.8. The van der Waals surface area contributed by atoms with E-state index < -0.39 is 0 Å². The van der Waals surface area contributed by atoms with Crippen molar-refractivity contribution in [2.45, 2.75) is 25.6 Å². The van der Waals surface area contributed by atoms with Gasteiger partial charge in [-0.05, 0) is 18.6 Å². The van der Waals surface area contributed by atoms with E-state index in [2.05, 4.69) is 15.9 Å². The van der Waals surface area contributed by atoms with E-state index in [-0.39, 0.29) is 18.1 Å². The summed E-state index contributed by atoms with van der Waals surface area (Å²) < 4.78 is 5.72. The maximum Gasteiger partial charge on any atom is 0.227 e. The summed E-state index contributed by atoms with van der Waals surface area (Å²) in [5, 5.41) is 1.39.